The number of sulfonamides is 1. The highest BCUT2D eigenvalue weighted by molar-refractivity contribution is 7.89. The van der Waals surface area contributed by atoms with E-state index in [2.05, 4.69) is 4.98 Å². The van der Waals surface area contributed by atoms with E-state index in [1.54, 1.807) is 30.3 Å². The highest BCUT2D eigenvalue weighted by atomic mass is 35.5. The van der Waals surface area contributed by atoms with Gasteiger partial charge in [0.25, 0.3) is 0 Å². The molecule has 0 atom stereocenters. The molecule has 0 saturated heterocycles. The zero-order valence-electron chi connectivity index (χ0n) is 13.6. The number of aromatic nitrogens is 1. The summed E-state index contributed by atoms with van der Waals surface area (Å²) in [6, 6.07) is 12.0. The summed E-state index contributed by atoms with van der Waals surface area (Å²) in [7, 11) is -2.55. The minimum atomic E-state index is -4.05. The minimum Gasteiger partial charge on any atom is -0.495 e. The number of ether oxygens (including phenoxy) is 1. The quantitative estimate of drug-likeness (QED) is 0.730. The summed E-state index contributed by atoms with van der Waals surface area (Å²) in [6.07, 6.45) is 1.54. The molecule has 0 saturated carbocycles. The number of nitrogens with zero attached hydrogens (tertiary/aromatic N) is 1. The third-order valence-electron chi connectivity index (χ3n) is 3.74. The van der Waals surface area contributed by atoms with Gasteiger partial charge < -0.3 is 4.74 Å². The normalized spacial score (nSPS) is 11.4. The van der Waals surface area contributed by atoms with E-state index in [4.69, 9.17) is 21.5 Å². The molecule has 8 heteroatoms. The van der Waals surface area contributed by atoms with E-state index in [-0.39, 0.29) is 4.90 Å². The third kappa shape index (κ3) is 3.70. The van der Waals surface area contributed by atoms with Crippen LogP contribution in [0.1, 0.15) is 0 Å². The highest BCUT2D eigenvalue weighted by Gasteiger charge is 2.16. The molecule has 3 rings (SSSR count). The van der Waals surface area contributed by atoms with Crippen LogP contribution >= 0.6 is 11.6 Å². The van der Waals surface area contributed by atoms with Gasteiger partial charge in [-0.2, -0.15) is 0 Å². The van der Waals surface area contributed by atoms with Crippen molar-refractivity contribution in [2.75, 3.05) is 7.11 Å². The van der Waals surface area contributed by atoms with Crippen LogP contribution in [0.5, 0.6) is 5.75 Å². The van der Waals surface area contributed by atoms with Crippen LogP contribution in [0.2, 0.25) is 5.02 Å². The maximum Gasteiger partial charge on any atom is 0.238 e. The average molecular weight is 393 g/mol. The Hall–Kier alpha value is -2.48. The molecule has 134 valence electrons. The van der Waals surface area contributed by atoms with Crippen LogP contribution in [-0.2, 0) is 10.0 Å². The second kappa shape index (κ2) is 7.03. The van der Waals surface area contributed by atoms with Crippen molar-refractivity contribution in [2.24, 2.45) is 5.14 Å². The van der Waals surface area contributed by atoms with Crippen LogP contribution in [0.3, 0.4) is 0 Å². The molecular formula is C18H14ClFN2O3S. The number of methoxy groups -OCH3 is 1. The van der Waals surface area contributed by atoms with Crippen LogP contribution in [0.25, 0.3) is 22.4 Å². The predicted molar refractivity (Wildman–Crippen MR) is 98.0 cm³/mol. The second-order valence-electron chi connectivity index (χ2n) is 5.47. The molecule has 0 spiro atoms. The first kappa shape index (κ1) is 18.3. The molecule has 2 N–H and O–H groups in total. The summed E-state index contributed by atoms with van der Waals surface area (Å²) in [5.41, 5.74) is 2.09. The van der Waals surface area contributed by atoms with Crippen molar-refractivity contribution in [1.29, 1.82) is 0 Å². The fourth-order valence-electron chi connectivity index (χ4n) is 2.56. The van der Waals surface area contributed by atoms with Crippen molar-refractivity contribution >= 4 is 21.6 Å². The van der Waals surface area contributed by atoms with Gasteiger partial charge in [-0.15, -0.1) is 0 Å². The Morgan fingerprint density at radius 2 is 1.88 bits per heavy atom. The van der Waals surface area contributed by atoms with E-state index in [0.29, 0.717) is 27.6 Å². The van der Waals surface area contributed by atoms with Gasteiger partial charge in [0, 0.05) is 17.3 Å². The molecule has 3 aromatic rings. The number of hydrogen-bond donors (Lipinski definition) is 1. The van der Waals surface area contributed by atoms with Gasteiger partial charge in [-0.1, -0.05) is 23.7 Å². The molecule has 0 radical (unpaired) electrons. The first-order valence-electron chi connectivity index (χ1n) is 7.42. The Kier molecular flexibility index (Phi) is 4.95. The summed E-state index contributed by atoms with van der Waals surface area (Å²) in [5.74, 6) is -0.250. The molecule has 26 heavy (non-hydrogen) atoms. The largest absolute Gasteiger partial charge is 0.495 e. The number of hydrogen-bond acceptors (Lipinski definition) is 4. The lowest BCUT2D eigenvalue weighted by molar-refractivity contribution is 0.415. The van der Waals surface area contributed by atoms with E-state index < -0.39 is 15.8 Å². The van der Waals surface area contributed by atoms with Crippen molar-refractivity contribution in [2.45, 2.75) is 4.90 Å². The monoisotopic (exact) mass is 392 g/mol. The van der Waals surface area contributed by atoms with Crippen molar-refractivity contribution < 1.29 is 17.5 Å². The molecule has 1 heterocycles. The zero-order valence-corrected chi connectivity index (χ0v) is 15.2. The summed E-state index contributed by atoms with van der Waals surface area (Å²) in [4.78, 5) is 3.97. The third-order valence-corrected chi connectivity index (χ3v) is 4.95. The minimum absolute atomic E-state index is 0.290. The number of nitrogens with two attached hydrogens (primary N) is 1. The molecule has 2 aromatic carbocycles. The van der Waals surface area contributed by atoms with E-state index in [0.717, 1.165) is 11.6 Å². The lowest BCUT2D eigenvalue weighted by Gasteiger charge is -2.12. The second-order valence-corrected chi connectivity index (χ2v) is 7.44. The Bertz CT molecular complexity index is 1090. The van der Waals surface area contributed by atoms with Gasteiger partial charge in [-0.05, 0) is 42.0 Å². The van der Waals surface area contributed by atoms with Gasteiger partial charge in [0.1, 0.15) is 11.6 Å². The van der Waals surface area contributed by atoms with Crippen molar-refractivity contribution in [3.05, 3.63) is 65.6 Å². The van der Waals surface area contributed by atoms with Gasteiger partial charge >= 0.3 is 0 Å². The van der Waals surface area contributed by atoms with Gasteiger partial charge in [0.15, 0.2) is 0 Å². The number of benzene rings is 2. The summed E-state index contributed by atoms with van der Waals surface area (Å²) >= 11 is 6.06. The number of halogens is 2. The number of rotatable bonds is 4. The zero-order chi connectivity index (χ0) is 18.9. The summed E-state index contributed by atoms with van der Waals surface area (Å²) in [5, 5.41) is 5.58. The maximum absolute atomic E-state index is 14.0. The fourth-order valence-corrected chi connectivity index (χ4v) is 3.32. The van der Waals surface area contributed by atoms with Crippen LogP contribution in [0.4, 0.5) is 4.39 Å². The maximum atomic E-state index is 14.0. The molecule has 0 unspecified atom stereocenters. The van der Waals surface area contributed by atoms with Crippen molar-refractivity contribution in [1.82, 2.24) is 4.98 Å². The Labute approximate surface area is 155 Å². The van der Waals surface area contributed by atoms with Gasteiger partial charge in [0.05, 0.1) is 22.7 Å². The van der Waals surface area contributed by atoms with Crippen LogP contribution < -0.4 is 9.88 Å². The van der Waals surface area contributed by atoms with Gasteiger partial charge in [0.2, 0.25) is 10.0 Å². The molecule has 0 aliphatic rings. The molecule has 5 nitrogen and oxygen atoms in total. The lowest BCUT2D eigenvalue weighted by Crippen LogP contribution is -2.12. The Balaban J connectivity index is 2.22. The first-order valence-corrected chi connectivity index (χ1v) is 9.35. The smallest absolute Gasteiger partial charge is 0.238 e. The molecule has 1 aromatic heterocycles. The number of pyridine rings is 1. The van der Waals surface area contributed by atoms with Crippen molar-refractivity contribution in [3.63, 3.8) is 0 Å². The van der Waals surface area contributed by atoms with Crippen LogP contribution in [0, 0.1) is 5.82 Å². The average Bonchev–Trinajstić information content (AvgIpc) is 2.61. The topological polar surface area (TPSA) is 82.3 Å². The molecule has 0 aliphatic carbocycles. The Morgan fingerprint density at radius 3 is 2.58 bits per heavy atom. The first-order chi connectivity index (χ1) is 12.3. The molecule has 0 bridgehead atoms. The van der Waals surface area contributed by atoms with E-state index >= 15 is 0 Å². The summed E-state index contributed by atoms with van der Waals surface area (Å²) in [6.45, 7) is 0. The van der Waals surface area contributed by atoms with E-state index in [1.807, 2.05) is 0 Å². The van der Waals surface area contributed by atoms with E-state index in [1.165, 1.54) is 25.4 Å². The standard InChI is InChI=1S/C18H14ClFN2O3S/c1-25-17-9-11(4-5-16(17)19)15-3-2-6-22-18(15)12-7-13(20)10-14(8-12)26(21,23)24/h2-10H,1H3,(H2,21,23,24). The molecule has 0 aliphatic heterocycles. The fraction of sp³-hybridized carbons (Fsp3) is 0.0556. The molecule has 0 fully saturated rings. The van der Waals surface area contributed by atoms with Crippen molar-refractivity contribution in [3.8, 4) is 28.1 Å². The molecule has 0 amide bonds. The number of primary sulfonamides is 1. The lowest BCUT2D eigenvalue weighted by atomic mass is 9.99. The Morgan fingerprint density at radius 1 is 1.12 bits per heavy atom. The van der Waals surface area contributed by atoms with E-state index in [9.17, 15) is 12.8 Å². The van der Waals surface area contributed by atoms with Crippen LogP contribution in [-0.4, -0.2) is 20.5 Å². The molecular weight excluding hydrogens is 379 g/mol. The highest BCUT2D eigenvalue weighted by Crippen LogP contribution is 2.35. The predicted octanol–water partition coefficient (Wildman–Crippen LogP) is 3.86. The van der Waals surface area contributed by atoms with Gasteiger partial charge in [-0.3, -0.25) is 4.98 Å². The van der Waals surface area contributed by atoms with Crippen LogP contribution in [0.15, 0.2) is 59.6 Å². The van der Waals surface area contributed by atoms with Gasteiger partial charge in [-0.25, -0.2) is 17.9 Å². The SMILES string of the molecule is COc1cc(-c2cccnc2-c2cc(F)cc(S(N)(=O)=O)c2)ccc1Cl. The summed E-state index contributed by atoms with van der Waals surface area (Å²) < 4.78 is 42.4.